The van der Waals surface area contributed by atoms with Gasteiger partial charge in [0, 0.05) is 19.7 Å². The normalized spacial score (nSPS) is 20.1. The van der Waals surface area contributed by atoms with Crippen molar-refractivity contribution in [2.45, 2.75) is 30.8 Å². The first-order chi connectivity index (χ1) is 9.98. The Morgan fingerprint density at radius 1 is 1.52 bits per heavy atom. The number of halogens is 1. The molecule has 1 fully saturated rings. The Kier molecular flexibility index (Phi) is 5.22. The second kappa shape index (κ2) is 6.75. The maximum atomic E-state index is 12.6. The van der Waals surface area contributed by atoms with Crippen LogP contribution in [0.4, 0.5) is 0 Å². The van der Waals surface area contributed by atoms with Crippen LogP contribution in [0.1, 0.15) is 25.3 Å². The number of benzene rings is 1. The standard InChI is InChI=1S/C14H17ClN2O3S/c1-2-20-12-4-3-7-17(10-12)21(18,19)13-6-5-11(9-16)14(15)8-13/h5-6,8,12H,2-4,7,10H2,1H3. The molecule has 1 saturated heterocycles. The van der Waals surface area contributed by atoms with Crippen molar-refractivity contribution >= 4 is 21.6 Å². The van der Waals surface area contributed by atoms with Crippen molar-refractivity contribution in [2.75, 3.05) is 19.7 Å². The molecular formula is C14H17ClN2O3S. The minimum absolute atomic E-state index is 0.0626. The maximum Gasteiger partial charge on any atom is 0.243 e. The van der Waals surface area contributed by atoms with Crippen molar-refractivity contribution < 1.29 is 13.2 Å². The smallest absolute Gasteiger partial charge is 0.243 e. The van der Waals surface area contributed by atoms with Crippen molar-refractivity contribution in [1.82, 2.24) is 4.31 Å². The molecule has 2 rings (SSSR count). The van der Waals surface area contributed by atoms with Gasteiger partial charge in [-0.25, -0.2) is 8.42 Å². The molecule has 21 heavy (non-hydrogen) atoms. The summed E-state index contributed by atoms with van der Waals surface area (Å²) in [6, 6.07) is 6.10. The molecule has 1 unspecified atom stereocenters. The lowest BCUT2D eigenvalue weighted by molar-refractivity contribution is 0.0265. The molecule has 1 aromatic rings. The fourth-order valence-electron chi connectivity index (χ4n) is 2.39. The first-order valence-corrected chi connectivity index (χ1v) is 8.62. The number of hydrogen-bond acceptors (Lipinski definition) is 4. The third kappa shape index (κ3) is 3.55. The van der Waals surface area contributed by atoms with E-state index in [0.717, 1.165) is 12.8 Å². The van der Waals surface area contributed by atoms with Gasteiger partial charge in [0.1, 0.15) is 6.07 Å². The SMILES string of the molecule is CCOC1CCCN(S(=O)(=O)c2ccc(C#N)c(Cl)c2)C1. The average molecular weight is 329 g/mol. The van der Waals surface area contributed by atoms with Gasteiger partial charge in [-0.3, -0.25) is 0 Å². The number of nitriles is 1. The quantitative estimate of drug-likeness (QED) is 0.851. The highest BCUT2D eigenvalue weighted by Crippen LogP contribution is 2.25. The minimum atomic E-state index is -3.60. The number of nitrogens with zero attached hydrogens (tertiary/aromatic N) is 2. The first-order valence-electron chi connectivity index (χ1n) is 6.80. The monoisotopic (exact) mass is 328 g/mol. The Hall–Kier alpha value is -1.13. The second-order valence-corrected chi connectivity index (χ2v) is 7.18. The zero-order chi connectivity index (χ0) is 15.5. The van der Waals surface area contributed by atoms with Crippen LogP contribution >= 0.6 is 11.6 Å². The molecule has 7 heteroatoms. The highest BCUT2D eigenvalue weighted by Gasteiger charge is 2.30. The van der Waals surface area contributed by atoms with Crippen molar-refractivity contribution in [2.24, 2.45) is 0 Å². The van der Waals surface area contributed by atoms with Crippen molar-refractivity contribution in [3.63, 3.8) is 0 Å². The summed E-state index contributed by atoms with van der Waals surface area (Å²) in [6.45, 7) is 3.30. The number of rotatable bonds is 4. The van der Waals surface area contributed by atoms with Gasteiger partial charge in [-0.2, -0.15) is 9.57 Å². The highest BCUT2D eigenvalue weighted by molar-refractivity contribution is 7.89. The molecule has 0 aliphatic carbocycles. The number of hydrogen-bond donors (Lipinski definition) is 0. The van der Waals surface area contributed by atoms with Crippen LogP contribution in [0.15, 0.2) is 23.1 Å². The predicted molar refractivity (Wildman–Crippen MR) is 79.6 cm³/mol. The molecule has 0 bridgehead atoms. The van der Waals surface area contributed by atoms with Crippen molar-refractivity contribution in [3.8, 4) is 6.07 Å². The van der Waals surface area contributed by atoms with E-state index in [4.69, 9.17) is 21.6 Å². The largest absolute Gasteiger partial charge is 0.377 e. The summed E-state index contributed by atoms with van der Waals surface area (Å²) in [6.07, 6.45) is 1.58. The summed E-state index contributed by atoms with van der Waals surface area (Å²) < 4.78 is 32.2. The number of ether oxygens (including phenoxy) is 1. The molecule has 0 aromatic heterocycles. The molecule has 1 aliphatic rings. The number of piperidine rings is 1. The highest BCUT2D eigenvalue weighted by atomic mass is 35.5. The molecule has 0 N–H and O–H groups in total. The van der Waals surface area contributed by atoms with Crippen LogP contribution < -0.4 is 0 Å². The third-order valence-electron chi connectivity index (χ3n) is 3.44. The Labute approximate surface area is 130 Å². The molecule has 1 heterocycles. The van der Waals surface area contributed by atoms with E-state index in [0.29, 0.717) is 19.7 Å². The van der Waals surface area contributed by atoms with Crippen LogP contribution in [0.3, 0.4) is 0 Å². The van der Waals surface area contributed by atoms with Gasteiger partial charge in [-0.15, -0.1) is 0 Å². The number of sulfonamides is 1. The van der Waals surface area contributed by atoms with E-state index < -0.39 is 10.0 Å². The van der Waals surface area contributed by atoms with Gasteiger partial charge in [-0.05, 0) is 38.0 Å². The summed E-state index contributed by atoms with van der Waals surface area (Å²) in [5.41, 5.74) is 0.265. The molecule has 0 spiro atoms. The van der Waals surface area contributed by atoms with E-state index in [1.165, 1.54) is 22.5 Å². The summed E-state index contributed by atoms with van der Waals surface area (Å²) >= 11 is 5.92. The lowest BCUT2D eigenvalue weighted by Crippen LogP contribution is -2.43. The molecule has 0 saturated carbocycles. The topological polar surface area (TPSA) is 70.4 Å². The summed E-state index contributed by atoms with van der Waals surface area (Å²) in [7, 11) is -3.60. The second-order valence-electron chi connectivity index (χ2n) is 4.84. The zero-order valence-electron chi connectivity index (χ0n) is 11.8. The van der Waals surface area contributed by atoms with Gasteiger partial charge in [0.25, 0.3) is 0 Å². The van der Waals surface area contributed by atoms with E-state index >= 15 is 0 Å². The van der Waals surface area contributed by atoms with Crippen molar-refractivity contribution in [1.29, 1.82) is 5.26 Å². The molecule has 0 radical (unpaired) electrons. The Morgan fingerprint density at radius 2 is 2.29 bits per heavy atom. The van der Waals surface area contributed by atoms with E-state index in [1.54, 1.807) is 0 Å². The molecule has 1 aliphatic heterocycles. The van der Waals surface area contributed by atoms with E-state index in [9.17, 15) is 8.42 Å². The first kappa shape index (κ1) is 16.2. The van der Waals surface area contributed by atoms with E-state index in [1.807, 2.05) is 13.0 Å². The molecule has 5 nitrogen and oxygen atoms in total. The summed E-state index contributed by atoms with van der Waals surface area (Å²) in [5.74, 6) is 0. The van der Waals surface area contributed by atoms with Crippen LogP contribution in [0.5, 0.6) is 0 Å². The zero-order valence-corrected chi connectivity index (χ0v) is 13.3. The van der Waals surface area contributed by atoms with Gasteiger partial charge in [0.15, 0.2) is 0 Å². The third-order valence-corrected chi connectivity index (χ3v) is 5.62. The van der Waals surface area contributed by atoms with Crippen molar-refractivity contribution in [3.05, 3.63) is 28.8 Å². The van der Waals surface area contributed by atoms with Gasteiger partial charge in [0.05, 0.1) is 21.6 Å². The van der Waals surface area contributed by atoms with Gasteiger partial charge >= 0.3 is 0 Å². The summed E-state index contributed by atoms with van der Waals surface area (Å²) in [5, 5.41) is 8.99. The predicted octanol–water partition coefficient (Wildman–Crippen LogP) is 2.40. The Bertz CT molecular complexity index is 653. The fourth-order valence-corrected chi connectivity index (χ4v) is 4.22. The molecule has 0 amide bonds. The van der Waals surface area contributed by atoms with Crippen LogP contribution in [0.25, 0.3) is 0 Å². The van der Waals surface area contributed by atoms with Crippen LogP contribution in [-0.4, -0.2) is 38.5 Å². The van der Waals surface area contributed by atoms with Crippen LogP contribution in [-0.2, 0) is 14.8 Å². The maximum absolute atomic E-state index is 12.6. The van der Waals surface area contributed by atoms with Crippen LogP contribution in [0, 0.1) is 11.3 Å². The lowest BCUT2D eigenvalue weighted by Gasteiger charge is -2.31. The van der Waals surface area contributed by atoms with Gasteiger partial charge in [-0.1, -0.05) is 11.6 Å². The fraction of sp³-hybridized carbons (Fsp3) is 0.500. The molecule has 114 valence electrons. The Morgan fingerprint density at radius 3 is 2.90 bits per heavy atom. The van der Waals surface area contributed by atoms with Gasteiger partial charge < -0.3 is 4.74 Å². The summed E-state index contributed by atoms with van der Waals surface area (Å²) in [4.78, 5) is 0.114. The van der Waals surface area contributed by atoms with Crippen LogP contribution in [0.2, 0.25) is 5.02 Å². The van der Waals surface area contributed by atoms with Gasteiger partial charge in [0.2, 0.25) is 10.0 Å². The molecule has 1 aromatic carbocycles. The molecular weight excluding hydrogens is 312 g/mol. The minimum Gasteiger partial charge on any atom is -0.377 e. The lowest BCUT2D eigenvalue weighted by atomic mass is 10.1. The van der Waals surface area contributed by atoms with E-state index in [2.05, 4.69) is 0 Å². The van der Waals surface area contributed by atoms with E-state index in [-0.39, 0.29) is 21.6 Å². The molecule has 1 atom stereocenters. The average Bonchev–Trinajstić information content (AvgIpc) is 2.48. The Balaban J connectivity index is 2.25.